The second-order valence-electron chi connectivity index (χ2n) is 5.09. The molecule has 0 bridgehead atoms. The maximum absolute atomic E-state index is 6.18. The Morgan fingerprint density at radius 2 is 2.18 bits per heavy atom. The number of hydrogen-bond donors (Lipinski definition) is 1. The molecule has 1 atom stereocenters. The van der Waals surface area contributed by atoms with E-state index in [1.54, 1.807) is 0 Å². The van der Waals surface area contributed by atoms with Gasteiger partial charge in [0.05, 0.1) is 6.10 Å². The van der Waals surface area contributed by atoms with E-state index < -0.39 is 0 Å². The quantitative estimate of drug-likeness (QED) is 0.820. The SMILES string of the molecule is CN(C)CCC(N)c1cccc(OC2CC2)c1. The molecule has 0 radical (unpaired) electrons. The van der Waals surface area contributed by atoms with Gasteiger partial charge < -0.3 is 15.4 Å². The van der Waals surface area contributed by atoms with Gasteiger partial charge in [-0.25, -0.2) is 0 Å². The van der Waals surface area contributed by atoms with E-state index in [0.29, 0.717) is 6.10 Å². The Kier molecular flexibility index (Phi) is 4.02. The Bertz CT molecular complexity index is 361. The maximum atomic E-state index is 6.18. The van der Waals surface area contributed by atoms with Crippen LogP contribution in [-0.4, -0.2) is 31.6 Å². The normalized spacial score (nSPS) is 17.2. The van der Waals surface area contributed by atoms with Crippen LogP contribution in [-0.2, 0) is 0 Å². The largest absolute Gasteiger partial charge is 0.490 e. The lowest BCUT2D eigenvalue weighted by Crippen LogP contribution is -2.20. The molecule has 1 aromatic carbocycles. The molecule has 2 N–H and O–H groups in total. The van der Waals surface area contributed by atoms with E-state index in [2.05, 4.69) is 31.1 Å². The molecule has 17 heavy (non-hydrogen) atoms. The van der Waals surface area contributed by atoms with Crippen LogP contribution in [0.2, 0.25) is 0 Å². The zero-order chi connectivity index (χ0) is 12.3. The predicted octanol–water partition coefficient (Wildman–Crippen LogP) is 2.18. The van der Waals surface area contributed by atoms with Crippen LogP contribution in [0.1, 0.15) is 30.9 Å². The van der Waals surface area contributed by atoms with Gasteiger partial charge in [0.2, 0.25) is 0 Å². The highest BCUT2D eigenvalue weighted by molar-refractivity contribution is 5.30. The summed E-state index contributed by atoms with van der Waals surface area (Å²) in [6.45, 7) is 1.01. The molecule has 3 nitrogen and oxygen atoms in total. The number of benzene rings is 1. The lowest BCUT2D eigenvalue weighted by atomic mass is 10.0. The third-order valence-electron chi connectivity index (χ3n) is 3.00. The standard InChI is InChI=1S/C14H22N2O/c1-16(2)9-8-14(15)11-4-3-5-13(10-11)17-12-6-7-12/h3-5,10,12,14H,6-9,15H2,1-2H3. The summed E-state index contributed by atoms with van der Waals surface area (Å²) in [5.41, 5.74) is 7.35. The molecule has 0 spiro atoms. The highest BCUT2D eigenvalue weighted by Crippen LogP contribution is 2.28. The molecule has 0 aliphatic heterocycles. The van der Waals surface area contributed by atoms with Crippen LogP contribution in [0.3, 0.4) is 0 Å². The Balaban J connectivity index is 1.93. The van der Waals surface area contributed by atoms with Gasteiger partial charge in [0.1, 0.15) is 5.75 Å². The highest BCUT2D eigenvalue weighted by Gasteiger charge is 2.23. The van der Waals surface area contributed by atoms with E-state index in [4.69, 9.17) is 10.5 Å². The molecule has 94 valence electrons. The van der Waals surface area contributed by atoms with Crippen molar-refractivity contribution in [1.82, 2.24) is 4.90 Å². The van der Waals surface area contributed by atoms with Crippen molar-refractivity contribution in [2.75, 3.05) is 20.6 Å². The number of nitrogens with two attached hydrogens (primary N) is 1. The monoisotopic (exact) mass is 234 g/mol. The van der Waals surface area contributed by atoms with Crippen LogP contribution >= 0.6 is 0 Å². The third kappa shape index (κ3) is 4.02. The second-order valence-corrected chi connectivity index (χ2v) is 5.09. The van der Waals surface area contributed by atoms with Crippen molar-refractivity contribution in [1.29, 1.82) is 0 Å². The minimum absolute atomic E-state index is 0.0974. The smallest absolute Gasteiger partial charge is 0.120 e. The lowest BCUT2D eigenvalue weighted by molar-refractivity contribution is 0.302. The predicted molar refractivity (Wildman–Crippen MR) is 70.2 cm³/mol. The summed E-state index contributed by atoms with van der Waals surface area (Å²) in [6, 6.07) is 8.31. The van der Waals surface area contributed by atoms with Crippen molar-refractivity contribution < 1.29 is 4.74 Å². The lowest BCUT2D eigenvalue weighted by Gasteiger charge is -2.16. The first kappa shape index (κ1) is 12.4. The van der Waals surface area contributed by atoms with Gasteiger partial charge >= 0.3 is 0 Å². The van der Waals surface area contributed by atoms with Gasteiger partial charge in [0.15, 0.2) is 0 Å². The summed E-state index contributed by atoms with van der Waals surface area (Å²) in [6.07, 6.45) is 3.80. The zero-order valence-corrected chi connectivity index (χ0v) is 10.7. The Labute approximate surface area is 104 Å². The van der Waals surface area contributed by atoms with Gasteiger partial charge in [-0.15, -0.1) is 0 Å². The second kappa shape index (κ2) is 5.52. The number of rotatable bonds is 6. The number of hydrogen-bond acceptors (Lipinski definition) is 3. The highest BCUT2D eigenvalue weighted by atomic mass is 16.5. The molecular formula is C14H22N2O. The van der Waals surface area contributed by atoms with Crippen LogP contribution in [0.25, 0.3) is 0 Å². The first-order chi connectivity index (χ1) is 8.15. The summed E-state index contributed by atoms with van der Waals surface area (Å²) in [5, 5.41) is 0. The molecule has 1 saturated carbocycles. The first-order valence-corrected chi connectivity index (χ1v) is 6.32. The maximum Gasteiger partial charge on any atom is 0.120 e. The minimum atomic E-state index is 0.0974. The van der Waals surface area contributed by atoms with Crippen molar-refractivity contribution in [2.24, 2.45) is 5.73 Å². The van der Waals surface area contributed by atoms with Crippen molar-refractivity contribution in [3.8, 4) is 5.75 Å². The van der Waals surface area contributed by atoms with Gasteiger partial charge in [-0.05, 0) is 57.6 Å². The molecule has 0 saturated heterocycles. The van der Waals surface area contributed by atoms with Gasteiger partial charge in [0.25, 0.3) is 0 Å². The van der Waals surface area contributed by atoms with Crippen LogP contribution in [0.15, 0.2) is 24.3 Å². The van der Waals surface area contributed by atoms with Gasteiger partial charge in [-0.2, -0.15) is 0 Å². The fraction of sp³-hybridized carbons (Fsp3) is 0.571. The molecule has 1 unspecified atom stereocenters. The zero-order valence-electron chi connectivity index (χ0n) is 10.7. The summed E-state index contributed by atoms with van der Waals surface area (Å²) in [4.78, 5) is 2.16. The Morgan fingerprint density at radius 3 is 2.82 bits per heavy atom. The van der Waals surface area contributed by atoms with Crippen LogP contribution < -0.4 is 10.5 Å². The van der Waals surface area contributed by atoms with E-state index in [-0.39, 0.29) is 6.04 Å². The average Bonchev–Trinajstić information content (AvgIpc) is 3.10. The molecule has 1 aliphatic rings. The van der Waals surface area contributed by atoms with E-state index in [1.165, 1.54) is 18.4 Å². The molecule has 2 rings (SSSR count). The van der Waals surface area contributed by atoms with Gasteiger partial charge in [0, 0.05) is 6.04 Å². The van der Waals surface area contributed by atoms with Crippen molar-refractivity contribution in [3.05, 3.63) is 29.8 Å². The summed E-state index contributed by atoms with van der Waals surface area (Å²) in [5.74, 6) is 0.963. The van der Waals surface area contributed by atoms with Crippen molar-refractivity contribution in [3.63, 3.8) is 0 Å². The summed E-state index contributed by atoms with van der Waals surface area (Å²) in [7, 11) is 4.14. The molecule has 1 fully saturated rings. The molecule has 1 aromatic rings. The number of ether oxygens (including phenoxy) is 1. The molecule has 0 heterocycles. The Morgan fingerprint density at radius 1 is 1.41 bits per heavy atom. The van der Waals surface area contributed by atoms with Crippen molar-refractivity contribution >= 4 is 0 Å². The third-order valence-corrected chi connectivity index (χ3v) is 3.00. The van der Waals surface area contributed by atoms with Gasteiger partial charge in [-0.3, -0.25) is 0 Å². The Hall–Kier alpha value is -1.06. The topological polar surface area (TPSA) is 38.5 Å². The van der Waals surface area contributed by atoms with Crippen LogP contribution in [0, 0.1) is 0 Å². The summed E-state index contributed by atoms with van der Waals surface area (Å²) >= 11 is 0. The molecular weight excluding hydrogens is 212 g/mol. The van der Waals surface area contributed by atoms with E-state index in [0.717, 1.165) is 18.7 Å². The minimum Gasteiger partial charge on any atom is -0.490 e. The fourth-order valence-electron chi connectivity index (χ4n) is 1.76. The van der Waals surface area contributed by atoms with Crippen LogP contribution in [0.5, 0.6) is 5.75 Å². The molecule has 0 aromatic heterocycles. The fourth-order valence-corrected chi connectivity index (χ4v) is 1.76. The van der Waals surface area contributed by atoms with E-state index in [1.807, 2.05) is 12.1 Å². The molecule has 0 amide bonds. The molecule has 3 heteroatoms. The van der Waals surface area contributed by atoms with Crippen molar-refractivity contribution in [2.45, 2.75) is 31.4 Å². The first-order valence-electron chi connectivity index (χ1n) is 6.32. The van der Waals surface area contributed by atoms with E-state index in [9.17, 15) is 0 Å². The summed E-state index contributed by atoms with van der Waals surface area (Å²) < 4.78 is 5.78. The number of nitrogens with zero attached hydrogens (tertiary/aromatic N) is 1. The van der Waals surface area contributed by atoms with Gasteiger partial charge in [-0.1, -0.05) is 12.1 Å². The average molecular weight is 234 g/mol. The van der Waals surface area contributed by atoms with Crippen LogP contribution in [0.4, 0.5) is 0 Å². The van der Waals surface area contributed by atoms with E-state index >= 15 is 0 Å². The molecule has 1 aliphatic carbocycles.